The topological polar surface area (TPSA) is 117 Å². The van der Waals surface area contributed by atoms with E-state index < -0.39 is 33.2 Å². The fraction of sp³-hybridized carbons (Fsp3) is 0.444. The fourth-order valence-electron chi connectivity index (χ4n) is 5.55. The van der Waals surface area contributed by atoms with Crippen molar-refractivity contribution in [1.29, 1.82) is 0 Å². The summed E-state index contributed by atoms with van der Waals surface area (Å²) < 4.78 is 73.5. The number of alkyl halides is 3. The standard InChI is InChI=1S/C27H29F3N6O4S2/c1-3-15-10-16(36-7-6-31-19-13-40-14-20(19)36)4-5-18(15)33-26-32-12-17(27(28,29)30)23(34-26)21-11-22-24(41-21)25(37)35(2)8-9-42(22,38)39/h4-5,10-12,19-20,31H,3,6-9,13-14H2,1-2H3,(H,32,33,34). The number of halogens is 3. The Morgan fingerprint density at radius 1 is 1.21 bits per heavy atom. The molecular weight excluding hydrogens is 593 g/mol. The van der Waals surface area contributed by atoms with E-state index in [0.717, 1.165) is 30.4 Å². The van der Waals surface area contributed by atoms with Crippen molar-refractivity contribution in [3.8, 4) is 10.6 Å². The van der Waals surface area contributed by atoms with Crippen molar-refractivity contribution in [2.24, 2.45) is 0 Å². The van der Waals surface area contributed by atoms with E-state index in [4.69, 9.17) is 4.74 Å². The molecule has 3 aromatic rings. The smallest absolute Gasteiger partial charge is 0.378 e. The maximum atomic E-state index is 14.1. The van der Waals surface area contributed by atoms with Crippen LogP contribution in [0, 0.1) is 0 Å². The number of fused-ring (bicyclic) bond motifs is 2. The molecule has 6 rings (SSSR count). The minimum absolute atomic E-state index is 0.00447. The first-order chi connectivity index (χ1) is 20.0. The third-order valence-corrected chi connectivity index (χ3v) is 10.8. The van der Waals surface area contributed by atoms with E-state index in [1.54, 1.807) is 0 Å². The van der Waals surface area contributed by atoms with Crippen molar-refractivity contribution in [2.45, 2.75) is 36.5 Å². The molecule has 2 unspecified atom stereocenters. The van der Waals surface area contributed by atoms with E-state index in [0.29, 0.717) is 42.9 Å². The number of aromatic nitrogens is 2. The largest absolute Gasteiger partial charge is 0.420 e. The number of anilines is 3. The maximum absolute atomic E-state index is 14.1. The number of thiophene rings is 1. The van der Waals surface area contributed by atoms with Gasteiger partial charge < -0.3 is 25.2 Å². The molecule has 1 aromatic carbocycles. The molecule has 5 heterocycles. The molecule has 3 aliphatic heterocycles. The van der Waals surface area contributed by atoms with Crippen molar-refractivity contribution in [3.05, 3.63) is 46.5 Å². The second-order valence-corrected chi connectivity index (χ2v) is 13.6. The Bertz CT molecular complexity index is 1640. The minimum atomic E-state index is -4.81. The molecule has 1 amide bonds. The Labute approximate surface area is 244 Å². The highest BCUT2D eigenvalue weighted by Gasteiger charge is 2.39. The predicted octanol–water partition coefficient (Wildman–Crippen LogP) is 3.57. The van der Waals surface area contributed by atoms with Crippen LogP contribution in [0.2, 0.25) is 0 Å². The number of hydrogen-bond acceptors (Lipinski definition) is 10. The molecule has 0 radical (unpaired) electrons. The van der Waals surface area contributed by atoms with Crippen LogP contribution in [-0.2, 0) is 27.2 Å². The van der Waals surface area contributed by atoms with Crippen molar-refractivity contribution in [3.63, 3.8) is 0 Å². The number of hydrogen-bond donors (Lipinski definition) is 2. The van der Waals surface area contributed by atoms with Gasteiger partial charge in [-0.3, -0.25) is 4.79 Å². The number of rotatable bonds is 5. The van der Waals surface area contributed by atoms with Gasteiger partial charge in [0.05, 0.1) is 46.5 Å². The summed E-state index contributed by atoms with van der Waals surface area (Å²) in [6.45, 7) is 4.94. The molecule has 224 valence electrons. The molecule has 3 aliphatic rings. The Hall–Kier alpha value is -3.27. The van der Waals surface area contributed by atoms with Gasteiger partial charge in [-0.1, -0.05) is 6.92 Å². The number of aryl methyl sites for hydroxylation is 1. The van der Waals surface area contributed by atoms with Crippen LogP contribution in [0.1, 0.15) is 27.7 Å². The molecule has 2 saturated heterocycles. The van der Waals surface area contributed by atoms with E-state index in [9.17, 15) is 26.4 Å². The molecule has 0 aliphatic carbocycles. The monoisotopic (exact) mass is 622 g/mol. The lowest BCUT2D eigenvalue weighted by molar-refractivity contribution is -0.137. The summed E-state index contributed by atoms with van der Waals surface area (Å²) in [5.41, 5.74) is 0.980. The number of amides is 1. The zero-order valence-corrected chi connectivity index (χ0v) is 24.5. The van der Waals surface area contributed by atoms with E-state index in [2.05, 4.69) is 31.6 Å². The van der Waals surface area contributed by atoms with Gasteiger partial charge in [-0.25, -0.2) is 18.4 Å². The third kappa shape index (κ3) is 5.23. The van der Waals surface area contributed by atoms with Crippen LogP contribution < -0.4 is 15.5 Å². The first-order valence-electron chi connectivity index (χ1n) is 13.5. The number of nitrogens with zero attached hydrogens (tertiary/aromatic N) is 4. The second-order valence-electron chi connectivity index (χ2n) is 10.5. The van der Waals surface area contributed by atoms with Crippen LogP contribution in [-0.4, -0.2) is 86.9 Å². The van der Waals surface area contributed by atoms with Crippen molar-refractivity contribution >= 4 is 44.4 Å². The van der Waals surface area contributed by atoms with E-state index in [1.807, 2.05) is 19.1 Å². The van der Waals surface area contributed by atoms with Crippen molar-refractivity contribution < 1.29 is 31.1 Å². The molecule has 0 bridgehead atoms. The van der Waals surface area contributed by atoms with Gasteiger partial charge in [-0.05, 0) is 36.2 Å². The lowest BCUT2D eigenvalue weighted by atomic mass is 10.0. The number of ether oxygens (including phenoxy) is 1. The quantitative estimate of drug-likeness (QED) is 0.441. The van der Waals surface area contributed by atoms with Gasteiger partial charge in [0.1, 0.15) is 10.4 Å². The summed E-state index contributed by atoms with van der Waals surface area (Å²) >= 11 is 0.685. The van der Waals surface area contributed by atoms with Gasteiger partial charge in [0.25, 0.3) is 5.91 Å². The van der Waals surface area contributed by atoms with Crippen LogP contribution >= 0.6 is 11.3 Å². The van der Waals surface area contributed by atoms with Crippen LogP contribution in [0.15, 0.2) is 35.4 Å². The van der Waals surface area contributed by atoms with Gasteiger partial charge in [-0.15, -0.1) is 11.3 Å². The molecule has 2 aromatic heterocycles. The SMILES string of the molecule is CCc1cc(N2CCNC3COCC32)ccc1Nc1ncc(C(F)(F)F)c(-c2cc3c(s2)C(=O)N(C)CCS3(=O)=O)n1. The molecular formula is C27H29F3N6O4S2. The zero-order valence-electron chi connectivity index (χ0n) is 22.9. The van der Waals surface area contributed by atoms with Crippen LogP contribution in [0.5, 0.6) is 0 Å². The third-order valence-electron chi connectivity index (χ3n) is 7.85. The lowest BCUT2D eigenvalue weighted by Crippen LogP contribution is -2.57. The van der Waals surface area contributed by atoms with Gasteiger partial charge in [0.2, 0.25) is 5.95 Å². The van der Waals surface area contributed by atoms with Gasteiger partial charge in [-0.2, -0.15) is 13.2 Å². The maximum Gasteiger partial charge on any atom is 0.420 e. The van der Waals surface area contributed by atoms with Gasteiger partial charge in [0.15, 0.2) is 9.84 Å². The van der Waals surface area contributed by atoms with Gasteiger partial charge >= 0.3 is 6.18 Å². The highest BCUT2D eigenvalue weighted by Crippen LogP contribution is 2.42. The molecule has 10 nitrogen and oxygen atoms in total. The molecule has 42 heavy (non-hydrogen) atoms. The van der Waals surface area contributed by atoms with Crippen LogP contribution in [0.25, 0.3) is 10.6 Å². The highest BCUT2D eigenvalue weighted by atomic mass is 32.2. The van der Waals surface area contributed by atoms with E-state index in [1.165, 1.54) is 11.9 Å². The Balaban J connectivity index is 1.36. The van der Waals surface area contributed by atoms with Gasteiger partial charge in [0, 0.05) is 44.3 Å². The summed E-state index contributed by atoms with van der Waals surface area (Å²) in [7, 11) is -2.42. The number of carbonyl (C=O) groups excluding carboxylic acids is 1. The van der Waals surface area contributed by atoms with E-state index >= 15 is 0 Å². The van der Waals surface area contributed by atoms with E-state index in [-0.39, 0.29) is 45.0 Å². The van der Waals surface area contributed by atoms with Crippen LogP contribution in [0.3, 0.4) is 0 Å². The number of carbonyl (C=O) groups is 1. The molecule has 2 fully saturated rings. The Morgan fingerprint density at radius 2 is 2.02 bits per heavy atom. The first kappa shape index (κ1) is 28.8. The predicted molar refractivity (Wildman–Crippen MR) is 152 cm³/mol. The highest BCUT2D eigenvalue weighted by molar-refractivity contribution is 7.91. The summed E-state index contributed by atoms with van der Waals surface area (Å²) in [5, 5.41) is 6.54. The zero-order chi connectivity index (χ0) is 29.8. The average molecular weight is 623 g/mol. The summed E-state index contributed by atoms with van der Waals surface area (Å²) in [4.78, 5) is 24.1. The molecule has 2 atom stereocenters. The lowest BCUT2D eigenvalue weighted by Gasteiger charge is -2.39. The molecule has 0 saturated carbocycles. The molecule has 0 spiro atoms. The second kappa shape index (κ2) is 10.8. The Morgan fingerprint density at radius 3 is 2.79 bits per heavy atom. The summed E-state index contributed by atoms with van der Waals surface area (Å²) in [5.74, 6) is -0.961. The number of sulfone groups is 1. The molecule has 2 N–H and O–H groups in total. The number of nitrogens with one attached hydrogen (secondary N) is 2. The summed E-state index contributed by atoms with van der Waals surface area (Å²) in [6.07, 6.45) is -3.49. The summed E-state index contributed by atoms with van der Waals surface area (Å²) in [6, 6.07) is 7.47. The van der Waals surface area contributed by atoms with Crippen LogP contribution in [0.4, 0.5) is 30.5 Å². The molecule has 15 heteroatoms. The minimum Gasteiger partial charge on any atom is -0.378 e. The average Bonchev–Trinajstić information content (AvgIpc) is 3.62. The fourth-order valence-corrected chi connectivity index (χ4v) is 8.58. The Kier molecular flexibility index (Phi) is 7.40. The normalized spacial score (nSPS) is 22.1. The number of benzene rings is 1. The van der Waals surface area contributed by atoms with Crippen molar-refractivity contribution in [1.82, 2.24) is 20.2 Å². The van der Waals surface area contributed by atoms with Crippen molar-refractivity contribution in [2.75, 3.05) is 55.9 Å². The first-order valence-corrected chi connectivity index (χ1v) is 16.0. The number of piperazine rings is 1.